The van der Waals surface area contributed by atoms with E-state index in [4.69, 9.17) is 18.5 Å². The fourth-order valence-electron chi connectivity index (χ4n) is 3.77. The first-order valence-electron chi connectivity index (χ1n) is 11.3. The number of Topliss-reactive ketones (excluding diaryl/α,β-unsaturated/α-hetero) is 1. The third kappa shape index (κ3) is 6.72. The molecule has 0 aliphatic carbocycles. The first-order chi connectivity index (χ1) is 16.5. The van der Waals surface area contributed by atoms with Crippen molar-refractivity contribution in [1.29, 1.82) is 0 Å². The van der Waals surface area contributed by atoms with Crippen LogP contribution in [0.3, 0.4) is 0 Å². The molecule has 34 heavy (non-hydrogen) atoms. The van der Waals surface area contributed by atoms with Gasteiger partial charge in [0, 0.05) is 5.56 Å². The maximum Gasteiger partial charge on any atom is 0.331 e. The van der Waals surface area contributed by atoms with Gasteiger partial charge in [0.2, 0.25) is 0 Å². The largest absolute Gasteiger partial charge is 0.342 e. The van der Waals surface area contributed by atoms with Gasteiger partial charge in [-0.25, -0.2) is 0 Å². The second-order valence-corrected chi connectivity index (χ2v) is 10.4. The van der Waals surface area contributed by atoms with Crippen molar-refractivity contribution in [3.8, 4) is 0 Å². The predicted molar refractivity (Wildman–Crippen MR) is 129 cm³/mol. The molecule has 6 nitrogen and oxygen atoms in total. The molecule has 0 N–H and O–H groups in total. The Morgan fingerprint density at radius 3 is 1.79 bits per heavy atom. The quantitative estimate of drug-likeness (QED) is 0.310. The van der Waals surface area contributed by atoms with E-state index in [0.717, 1.165) is 16.7 Å². The van der Waals surface area contributed by atoms with Gasteiger partial charge in [-0.2, -0.15) is 0 Å². The van der Waals surface area contributed by atoms with Crippen molar-refractivity contribution in [3.63, 3.8) is 0 Å². The molecule has 178 valence electrons. The number of hydrogen-bond donors (Lipinski definition) is 0. The lowest BCUT2D eigenvalue weighted by molar-refractivity contribution is -0.129. The lowest BCUT2D eigenvalue weighted by Gasteiger charge is -2.21. The van der Waals surface area contributed by atoms with Crippen molar-refractivity contribution >= 4 is 13.4 Å². The highest BCUT2D eigenvalue weighted by Crippen LogP contribution is 2.51. The smallest absolute Gasteiger partial charge is 0.331 e. The van der Waals surface area contributed by atoms with E-state index < -0.39 is 26.1 Å². The highest BCUT2D eigenvalue weighted by molar-refractivity contribution is 7.53. The van der Waals surface area contributed by atoms with Crippen LogP contribution in [0.5, 0.6) is 0 Å². The number of carbonyl (C=O) groups excluding carboxylic acids is 1. The first kappa shape index (κ1) is 24.5. The Balaban J connectivity index is 1.44. The second kappa shape index (κ2) is 11.7. The van der Waals surface area contributed by atoms with Crippen molar-refractivity contribution in [2.24, 2.45) is 0 Å². The summed E-state index contributed by atoms with van der Waals surface area (Å²) in [5, 5.41) is 0. The summed E-state index contributed by atoms with van der Waals surface area (Å²) in [7, 11) is -3.50. The van der Waals surface area contributed by atoms with Crippen LogP contribution in [0.25, 0.3) is 0 Å². The Bertz CT molecular complexity index is 1040. The molecule has 0 spiro atoms. The van der Waals surface area contributed by atoms with E-state index in [0.29, 0.717) is 6.42 Å². The summed E-state index contributed by atoms with van der Waals surface area (Å²) in [6, 6.07) is 28.5. The summed E-state index contributed by atoms with van der Waals surface area (Å²) in [5.41, 5.74) is 2.63. The molecule has 1 aliphatic heterocycles. The Morgan fingerprint density at radius 1 is 0.794 bits per heavy atom. The molecule has 0 saturated carbocycles. The molecule has 1 saturated heterocycles. The standard InChI is InChI=1S/C27H29O6P/c1-21(28)26-25(32-27(33-26)24-15-9-4-10-16-24)17-18-34(29,30-19-22-11-5-2-6-12-22)31-20-23-13-7-3-8-14-23/h2-16,25-27H,17-20H2,1H3/t25-,26-,27?/m0/s1. The highest BCUT2D eigenvalue weighted by Gasteiger charge is 2.41. The lowest BCUT2D eigenvalue weighted by Crippen LogP contribution is -2.30. The van der Waals surface area contributed by atoms with Gasteiger partial charge in [-0.05, 0) is 24.5 Å². The maximum atomic E-state index is 13.7. The van der Waals surface area contributed by atoms with Crippen LogP contribution in [-0.2, 0) is 41.1 Å². The zero-order valence-corrected chi connectivity index (χ0v) is 20.0. The second-order valence-electron chi connectivity index (χ2n) is 8.23. The molecule has 3 aromatic rings. The van der Waals surface area contributed by atoms with Gasteiger partial charge < -0.3 is 18.5 Å². The lowest BCUT2D eigenvalue weighted by atomic mass is 10.1. The van der Waals surface area contributed by atoms with Gasteiger partial charge in [-0.3, -0.25) is 9.36 Å². The number of benzene rings is 3. The van der Waals surface area contributed by atoms with Gasteiger partial charge in [-0.1, -0.05) is 91.0 Å². The fourth-order valence-corrected chi connectivity index (χ4v) is 5.37. The molecular formula is C27H29O6P. The van der Waals surface area contributed by atoms with Crippen LogP contribution in [0.2, 0.25) is 0 Å². The summed E-state index contributed by atoms with van der Waals surface area (Å²) in [4.78, 5) is 12.2. The van der Waals surface area contributed by atoms with Gasteiger partial charge in [-0.15, -0.1) is 0 Å². The van der Waals surface area contributed by atoms with Gasteiger partial charge >= 0.3 is 7.60 Å². The SMILES string of the molecule is CC(=O)[C@@H]1OC(c2ccccc2)O[C@H]1CCP(=O)(OCc1ccccc1)OCc1ccccc1. The van der Waals surface area contributed by atoms with Gasteiger partial charge in [0.05, 0.1) is 25.5 Å². The van der Waals surface area contributed by atoms with Crippen LogP contribution in [-0.4, -0.2) is 24.2 Å². The molecule has 3 atom stereocenters. The summed E-state index contributed by atoms with van der Waals surface area (Å²) >= 11 is 0. The van der Waals surface area contributed by atoms with Crippen molar-refractivity contribution in [3.05, 3.63) is 108 Å². The van der Waals surface area contributed by atoms with Crippen molar-refractivity contribution in [2.45, 2.75) is 45.1 Å². The average molecular weight is 480 g/mol. The molecule has 4 rings (SSSR count). The van der Waals surface area contributed by atoms with E-state index in [-0.39, 0.29) is 25.2 Å². The van der Waals surface area contributed by atoms with Crippen LogP contribution in [0.4, 0.5) is 0 Å². The topological polar surface area (TPSA) is 71.1 Å². The van der Waals surface area contributed by atoms with E-state index in [1.807, 2.05) is 91.0 Å². The number of rotatable bonds is 11. The molecule has 1 fully saturated rings. The number of hydrogen-bond acceptors (Lipinski definition) is 6. The summed E-state index contributed by atoms with van der Waals surface area (Å²) < 4.78 is 37.4. The highest BCUT2D eigenvalue weighted by atomic mass is 31.2. The monoisotopic (exact) mass is 480 g/mol. The molecule has 1 unspecified atom stereocenters. The minimum Gasteiger partial charge on any atom is -0.342 e. The summed E-state index contributed by atoms with van der Waals surface area (Å²) in [5.74, 6) is -0.131. The van der Waals surface area contributed by atoms with Crippen LogP contribution in [0.1, 0.15) is 36.3 Å². The minimum absolute atomic E-state index is 0.103. The molecule has 0 amide bonds. The number of carbonyl (C=O) groups is 1. The summed E-state index contributed by atoms with van der Waals surface area (Å²) in [6.07, 6.45) is -1.52. The molecule has 1 heterocycles. The summed E-state index contributed by atoms with van der Waals surface area (Å²) in [6.45, 7) is 1.81. The van der Waals surface area contributed by atoms with Gasteiger partial charge in [0.25, 0.3) is 0 Å². The van der Waals surface area contributed by atoms with E-state index >= 15 is 0 Å². The van der Waals surface area contributed by atoms with Crippen LogP contribution < -0.4 is 0 Å². The third-order valence-corrected chi connectivity index (χ3v) is 7.46. The Labute approximate surface area is 200 Å². The first-order valence-corrected chi connectivity index (χ1v) is 13.1. The number of ether oxygens (including phenoxy) is 2. The van der Waals surface area contributed by atoms with Crippen molar-refractivity contribution in [2.75, 3.05) is 6.16 Å². The molecular weight excluding hydrogens is 451 g/mol. The molecule has 0 aromatic heterocycles. The van der Waals surface area contributed by atoms with Crippen LogP contribution >= 0.6 is 7.60 Å². The van der Waals surface area contributed by atoms with Crippen LogP contribution in [0.15, 0.2) is 91.0 Å². The van der Waals surface area contributed by atoms with Crippen LogP contribution in [0, 0.1) is 0 Å². The zero-order chi connectivity index (χ0) is 23.8. The van der Waals surface area contributed by atoms with Crippen molar-refractivity contribution in [1.82, 2.24) is 0 Å². The predicted octanol–water partition coefficient (Wildman–Crippen LogP) is 6.08. The fraction of sp³-hybridized carbons (Fsp3) is 0.296. The maximum absolute atomic E-state index is 13.7. The van der Waals surface area contributed by atoms with Crippen molar-refractivity contribution < 1.29 is 27.9 Å². The normalized spacial score (nSPS) is 20.3. The van der Waals surface area contributed by atoms with Gasteiger partial charge in [0.1, 0.15) is 6.10 Å². The van der Waals surface area contributed by atoms with E-state index in [1.54, 1.807) is 0 Å². The van der Waals surface area contributed by atoms with Gasteiger partial charge in [0.15, 0.2) is 12.1 Å². The van der Waals surface area contributed by atoms with E-state index in [9.17, 15) is 9.36 Å². The Morgan fingerprint density at radius 2 is 1.29 bits per heavy atom. The molecule has 0 bridgehead atoms. The minimum atomic E-state index is -3.50. The van der Waals surface area contributed by atoms with E-state index in [2.05, 4.69) is 0 Å². The zero-order valence-electron chi connectivity index (χ0n) is 19.1. The average Bonchev–Trinajstić information content (AvgIpc) is 3.32. The Kier molecular flexibility index (Phi) is 8.44. The molecule has 1 aliphatic rings. The molecule has 3 aromatic carbocycles. The third-order valence-electron chi connectivity index (χ3n) is 5.61. The Hall–Kier alpha value is -2.60. The van der Waals surface area contributed by atoms with E-state index in [1.165, 1.54) is 6.92 Å². The molecule has 0 radical (unpaired) electrons. The molecule has 7 heteroatoms. The number of ketones is 1.